The molecule has 0 bridgehead atoms. The van der Waals surface area contributed by atoms with Gasteiger partial charge in [0, 0.05) is 18.4 Å². The van der Waals surface area contributed by atoms with E-state index in [1.807, 2.05) is 0 Å². The molecule has 5 heteroatoms. The van der Waals surface area contributed by atoms with Gasteiger partial charge in [-0.05, 0) is 39.0 Å². The molecular formula is C10H20BrNO2S. The topological polar surface area (TPSA) is 37.4 Å². The van der Waals surface area contributed by atoms with Crippen LogP contribution in [0.15, 0.2) is 0 Å². The van der Waals surface area contributed by atoms with E-state index in [1.165, 1.54) is 0 Å². The summed E-state index contributed by atoms with van der Waals surface area (Å²) in [5, 5.41) is 0.674. The van der Waals surface area contributed by atoms with Crippen molar-refractivity contribution in [3.8, 4) is 0 Å². The van der Waals surface area contributed by atoms with Crippen molar-refractivity contribution < 1.29 is 8.42 Å². The second-order valence-electron chi connectivity index (χ2n) is 4.44. The lowest BCUT2D eigenvalue weighted by Gasteiger charge is -2.32. The Kier molecular flexibility index (Phi) is 5.06. The number of hydrogen-bond donors (Lipinski definition) is 0. The first-order valence-corrected chi connectivity index (χ1v) is 8.16. The Bertz CT molecular complexity index is 288. The number of nitrogens with zero attached hydrogens (tertiary/aromatic N) is 1. The molecule has 0 aromatic rings. The SMILES string of the molecule is CC(C)S(=O)(=O)N1CCCC(CCBr)C1. The summed E-state index contributed by atoms with van der Waals surface area (Å²) in [6, 6.07) is 0. The van der Waals surface area contributed by atoms with Crippen molar-refractivity contribution in [3.63, 3.8) is 0 Å². The van der Waals surface area contributed by atoms with E-state index in [0.29, 0.717) is 19.0 Å². The van der Waals surface area contributed by atoms with Crippen molar-refractivity contribution in [2.24, 2.45) is 5.92 Å². The Morgan fingerprint density at radius 2 is 2.13 bits per heavy atom. The van der Waals surface area contributed by atoms with Crippen LogP contribution < -0.4 is 0 Å². The molecule has 1 atom stereocenters. The molecule has 1 fully saturated rings. The zero-order valence-corrected chi connectivity index (χ0v) is 11.8. The lowest BCUT2D eigenvalue weighted by Crippen LogP contribution is -2.43. The summed E-state index contributed by atoms with van der Waals surface area (Å²) in [6.45, 7) is 4.93. The first kappa shape index (κ1) is 13.5. The number of rotatable bonds is 4. The third-order valence-electron chi connectivity index (χ3n) is 2.95. The zero-order chi connectivity index (χ0) is 11.5. The summed E-state index contributed by atoms with van der Waals surface area (Å²) in [7, 11) is -3.03. The first-order chi connectivity index (χ1) is 6.98. The molecular weight excluding hydrogens is 278 g/mol. The van der Waals surface area contributed by atoms with Gasteiger partial charge < -0.3 is 0 Å². The Morgan fingerprint density at radius 1 is 1.47 bits per heavy atom. The summed E-state index contributed by atoms with van der Waals surface area (Å²) in [5.41, 5.74) is 0. The standard InChI is InChI=1S/C10H20BrNO2S/c1-9(2)15(13,14)12-7-3-4-10(8-12)5-6-11/h9-10H,3-8H2,1-2H3. The van der Waals surface area contributed by atoms with Crippen LogP contribution in [-0.2, 0) is 10.0 Å². The van der Waals surface area contributed by atoms with E-state index in [4.69, 9.17) is 0 Å². The molecule has 0 amide bonds. The molecule has 90 valence electrons. The van der Waals surface area contributed by atoms with Gasteiger partial charge in [0.2, 0.25) is 10.0 Å². The lowest BCUT2D eigenvalue weighted by molar-refractivity contribution is 0.261. The second-order valence-corrected chi connectivity index (χ2v) is 7.72. The summed E-state index contributed by atoms with van der Waals surface area (Å²) >= 11 is 3.42. The second kappa shape index (κ2) is 5.64. The van der Waals surface area contributed by atoms with Gasteiger partial charge in [-0.15, -0.1) is 0 Å². The van der Waals surface area contributed by atoms with Crippen LogP contribution in [0.5, 0.6) is 0 Å². The van der Waals surface area contributed by atoms with Crippen LogP contribution in [0.2, 0.25) is 0 Å². The van der Waals surface area contributed by atoms with Crippen LogP contribution in [0.1, 0.15) is 33.1 Å². The minimum absolute atomic E-state index is 0.291. The molecule has 3 nitrogen and oxygen atoms in total. The van der Waals surface area contributed by atoms with Gasteiger partial charge in [0.1, 0.15) is 0 Å². The number of sulfonamides is 1. The van der Waals surface area contributed by atoms with Gasteiger partial charge in [-0.2, -0.15) is 0 Å². The fraction of sp³-hybridized carbons (Fsp3) is 1.00. The molecule has 0 aromatic heterocycles. The molecule has 0 aromatic carbocycles. The molecule has 0 saturated carbocycles. The smallest absolute Gasteiger partial charge is 0.212 e. The summed E-state index contributed by atoms with van der Waals surface area (Å²) in [5.74, 6) is 0.534. The van der Waals surface area contributed by atoms with E-state index < -0.39 is 10.0 Å². The summed E-state index contributed by atoms with van der Waals surface area (Å²) < 4.78 is 25.6. The van der Waals surface area contributed by atoms with E-state index in [2.05, 4.69) is 15.9 Å². The van der Waals surface area contributed by atoms with Crippen molar-refractivity contribution in [2.45, 2.75) is 38.4 Å². The quantitative estimate of drug-likeness (QED) is 0.746. The highest BCUT2D eigenvalue weighted by atomic mass is 79.9. The van der Waals surface area contributed by atoms with Crippen molar-refractivity contribution >= 4 is 26.0 Å². The molecule has 0 spiro atoms. The molecule has 0 aliphatic carbocycles. The summed E-state index contributed by atoms with van der Waals surface area (Å²) in [4.78, 5) is 0. The monoisotopic (exact) mass is 297 g/mol. The maximum absolute atomic E-state index is 11.9. The Balaban J connectivity index is 2.64. The van der Waals surface area contributed by atoms with E-state index in [9.17, 15) is 8.42 Å². The largest absolute Gasteiger partial charge is 0.216 e. The van der Waals surface area contributed by atoms with Crippen LogP contribution in [0.25, 0.3) is 0 Å². The number of alkyl halides is 1. The Hall–Kier alpha value is 0.390. The predicted molar refractivity (Wildman–Crippen MR) is 66.8 cm³/mol. The van der Waals surface area contributed by atoms with Gasteiger partial charge in [0.15, 0.2) is 0 Å². The van der Waals surface area contributed by atoms with Crippen LogP contribution in [0.4, 0.5) is 0 Å². The van der Waals surface area contributed by atoms with Gasteiger partial charge in [0.05, 0.1) is 5.25 Å². The number of halogens is 1. The fourth-order valence-corrected chi connectivity index (χ4v) is 3.99. The molecule has 1 aliphatic heterocycles. The fourth-order valence-electron chi connectivity index (χ4n) is 1.95. The third-order valence-corrected chi connectivity index (χ3v) is 5.66. The highest BCUT2D eigenvalue weighted by molar-refractivity contribution is 9.09. The minimum atomic E-state index is -3.03. The molecule has 1 aliphatic rings. The predicted octanol–water partition coefficient (Wildman–Crippen LogP) is 2.22. The minimum Gasteiger partial charge on any atom is -0.212 e. The van der Waals surface area contributed by atoms with Gasteiger partial charge in [-0.25, -0.2) is 12.7 Å². The molecule has 1 heterocycles. The van der Waals surface area contributed by atoms with Gasteiger partial charge >= 0.3 is 0 Å². The number of piperidine rings is 1. The molecule has 1 rings (SSSR count). The maximum Gasteiger partial charge on any atom is 0.216 e. The average Bonchev–Trinajstić information content (AvgIpc) is 2.18. The van der Waals surface area contributed by atoms with E-state index in [-0.39, 0.29) is 5.25 Å². The van der Waals surface area contributed by atoms with Gasteiger partial charge in [-0.1, -0.05) is 15.9 Å². The molecule has 1 unspecified atom stereocenters. The van der Waals surface area contributed by atoms with Crippen molar-refractivity contribution in [3.05, 3.63) is 0 Å². The average molecular weight is 298 g/mol. The van der Waals surface area contributed by atoms with Crippen molar-refractivity contribution in [1.82, 2.24) is 4.31 Å². The first-order valence-electron chi connectivity index (χ1n) is 5.53. The normalized spacial score (nSPS) is 24.7. The lowest BCUT2D eigenvalue weighted by atomic mass is 9.97. The van der Waals surface area contributed by atoms with E-state index in [0.717, 1.165) is 24.6 Å². The molecule has 0 radical (unpaired) electrons. The van der Waals surface area contributed by atoms with Crippen LogP contribution >= 0.6 is 15.9 Å². The Labute approximate surface area is 101 Å². The highest BCUT2D eigenvalue weighted by Crippen LogP contribution is 2.23. The Morgan fingerprint density at radius 3 is 2.67 bits per heavy atom. The molecule has 0 N–H and O–H groups in total. The van der Waals surface area contributed by atoms with E-state index in [1.54, 1.807) is 18.2 Å². The van der Waals surface area contributed by atoms with Crippen LogP contribution in [0.3, 0.4) is 0 Å². The zero-order valence-electron chi connectivity index (χ0n) is 9.45. The summed E-state index contributed by atoms with van der Waals surface area (Å²) in [6.07, 6.45) is 3.24. The number of hydrogen-bond acceptors (Lipinski definition) is 2. The van der Waals surface area contributed by atoms with E-state index >= 15 is 0 Å². The van der Waals surface area contributed by atoms with Crippen molar-refractivity contribution in [2.75, 3.05) is 18.4 Å². The van der Waals surface area contributed by atoms with Gasteiger partial charge in [0.25, 0.3) is 0 Å². The third kappa shape index (κ3) is 3.43. The molecule has 1 saturated heterocycles. The van der Waals surface area contributed by atoms with Gasteiger partial charge in [-0.3, -0.25) is 0 Å². The van der Waals surface area contributed by atoms with Crippen LogP contribution in [-0.4, -0.2) is 36.4 Å². The van der Waals surface area contributed by atoms with Crippen molar-refractivity contribution in [1.29, 1.82) is 0 Å². The van der Waals surface area contributed by atoms with Crippen LogP contribution in [0, 0.1) is 5.92 Å². The maximum atomic E-state index is 11.9. The molecule has 15 heavy (non-hydrogen) atoms. The highest BCUT2D eigenvalue weighted by Gasteiger charge is 2.30.